The van der Waals surface area contributed by atoms with Crippen molar-refractivity contribution in [2.45, 2.75) is 51.9 Å². The van der Waals surface area contributed by atoms with Crippen LogP contribution in [0.5, 0.6) is 0 Å². The van der Waals surface area contributed by atoms with Crippen molar-refractivity contribution in [3.8, 4) is 11.4 Å². The first-order valence-electron chi connectivity index (χ1n) is 13.9. The van der Waals surface area contributed by atoms with Gasteiger partial charge in [-0.15, -0.1) is 0 Å². The molecule has 0 fully saturated rings. The summed E-state index contributed by atoms with van der Waals surface area (Å²) in [5.41, 5.74) is 1.24. The zero-order chi connectivity index (χ0) is 29.0. The molecular weight excluding hydrogens is 530 g/mol. The van der Waals surface area contributed by atoms with Crippen molar-refractivity contribution in [1.82, 2.24) is 14.9 Å². The minimum Gasteiger partial charge on any atom is -0.457 e. The Hall–Kier alpha value is -4.09. The normalized spacial score (nSPS) is 17.0. The van der Waals surface area contributed by atoms with Gasteiger partial charge >= 0.3 is 11.9 Å². The SMILES string of the molecule is CCCOCCOCCC(=O)NCC(=O)O[C@]1(CC)C(=O)OCc2c1cc1n(c2=O)Cc2cc3ccccc3nc2-1. The number of amides is 1. The average molecular weight is 564 g/mol. The second kappa shape index (κ2) is 12.2. The summed E-state index contributed by atoms with van der Waals surface area (Å²) in [6.45, 7) is 4.99. The monoisotopic (exact) mass is 563 g/mol. The highest BCUT2D eigenvalue weighted by Crippen LogP contribution is 2.40. The fourth-order valence-corrected chi connectivity index (χ4v) is 5.20. The first kappa shape index (κ1) is 28.4. The maximum atomic E-state index is 13.6. The number of hydrogen-bond acceptors (Lipinski definition) is 9. The lowest BCUT2D eigenvalue weighted by Gasteiger charge is -2.35. The van der Waals surface area contributed by atoms with E-state index < -0.39 is 30.0 Å². The molecule has 11 heteroatoms. The summed E-state index contributed by atoms with van der Waals surface area (Å²) in [5.74, 6) is -2.00. The zero-order valence-corrected chi connectivity index (χ0v) is 23.2. The first-order valence-corrected chi connectivity index (χ1v) is 13.9. The molecule has 1 aromatic carbocycles. The van der Waals surface area contributed by atoms with Gasteiger partial charge in [-0.25, -0.2) is 9.78 Å². The van der Waals surface area contributed by atoms with Crippen LogP contribution in [0, 0.1) is 0 Å². The fraction of sp³-hybridized carbons (Fsp3) is 0.433. The van der Waals surface area contributed by atoms with Gasteiger partial charge in [0.05, 0.1) is 48.8 Å². The number of hydrogen-bond donors (Lipinski definition) is 1. The molecule has 1 N–H and O–H groups in total. The Bertz CT molecular complexity index is 1550. The van der Waals surface area contributed by atoms with Crippen molar-refractivity contribution in [2.75, 3.05) is 33.0 Å². The summed E-state index contributed by atoms with van der Waals surface area (Å²) < 4.78 is 23.4. The van der Waals surface area contributed by atoms with Crippen LogP contribution in [0.1, 0.15) is 49.8 Å². The topological polar surface area (TPSA) is 135 Å². The predicted octanol–water partition coefficient (Wildman–Crippen LogP) is 2.58. The van der Waals surface area contributed by atoms with Gasteiger partial charge < -0.3 is 28.8 Å². The Morgan fingerprint density at radius 2 is 1.85 bits per heavy atom. The van der Waals surface area contributed by atoms with Crippen LogP contribution in [0.2, 0.25) is 0 Å². The summed E-state index contributed by atoms with van der Waals surface area (Å²) in [6, 6.07) is 11.4. The number of carbonyl (C=O) groups excluding carboxylic acids is 3. The van der Waals surface area contributed by atoms with Crippen LogP contribution in [-0.4, -0.2) is 60.4 Å². The number of nitrogens with zero attached hydrogens (tertiary/aromatic N) is 2. The molecule has 0 aliphatic carbocycles. The second-order valence-corrected chi connectivity index (χ2v) is 9.98. The number of ether oxygens (including phenoxy) is 4. The summed E-state index contributed by atoms with van der Waals surface area (Å²) in [4.78, 5) is 56.6. The Labute approximate surface area is 236 Å². The molecule has 0 bridgehead atoms. The van der Waals surface area contributed by atoms with Gasteiger partial charge in [-0.2, -0.15) is 0 Å². The third kappa shape index (κ3) is 5.59. The molecule has 11 nitrogen and oxygen atoms in total. The van der Waals surface area contributed by atoms with Gasteiger partial charge in [0.15, 0.2) is 0 Å². The summed E-state index contributed by atoms with van der Waals surface area (Å²) in [6.07, 6.45) is 1.01. The number of aromatic nitrogens is 2. The number of esters is 2. The number of nitrogens with one attached hydrogen (secondary N) is 1. The van der Waals surface area contributed by atoms with Crippen LogP contribution in [0.4, 0.5) is 0 Å². The highest BCUT2D eigenvalue weighted by molar-refractivity contribution is 5.89. The predicted molar refractivity (Wildman–Crippen MR) is 148 cm³/mol. The lowest BCUT2D eigenvalue weighted by Crippen LogP contribution is -2.48. The molecule has 3 aromatic rings. The van der Waals surface area contributed by atoms with Crippen LogP contribution in [-0.2, 0) is 52.1 Å². The quantitative estimate of drug-likeness (QED) is 0.204. The highest BCUT2D eigenvalue weighted by Gasteiger charge is 2.50. The van der Waals surface area contributed by atoms with Crippen LogP contribution in [0.25, 0.3) is 22.3 Å². The Balaban J connectivity index is 1.32. The maximum Gasteiger partial charge on any atom is 0.355 e. The van der Waals surface area contributed by atoms with Crippen molar-refractivity contribution in [3.05, 3.63) is 63.4 Å². The van der Waals surface area contributed by atoms with E-state index in [0.29, 0.717) is 37.8 Å². The van der Waals surface area contributed by atoms with Gasteiger partial charge in [-0.1, -0.05) is 32.0 Å². The van der Waals surface area contributed by atoms with E-state index in [0.717, 1.165) is 22.9 Å². The Morgan fingerprint density at radius 3 is 2.63 bits per heavy atom. The fourth-order valence-electron chi connectivity index (χ4n) is 5.20. The lowest BCUT2D eigenvalue weighted by molar-refractivity contribution is -0.189. The van der Waals surface area contributed by atoms with E-state index in [-0.39, 0.29) is 42.7 Å². The number of cyclic esters (lactones) is 1. The standard InChI is InChI=1S/C30H33N3O8/c1-3-10-38-12-13-39-11-9-25(34)31-16-26(35)41-30(4-2)22-15-24-27-20(14-19-7-5-6-8-23(19)32-27)17-33(24)28(36)21(22)18-40-29(30)37/h5-8,14-15H,3-4,9-13,16-18H2,1-2H3,(H,31,34)/t30-/m0/s1. The van der Waals surface area contributed by atoms with Crippen LogP contribution >= 0.6 is 0 Å². The number of para-hydroxylation sites is 1. The third-order valence-corrected chi connectivity index (χ3v) is 7.30. The average Bonchev–Trinajstić information content (AvgIpc) is 3.33. The largest absolute Gasteiger partial charge is 0.457 e. The van der Waals surface area contributed by atoms with Crippen molar-refractivity contribution >= 4 is 28.7 Å². The summed E-state index contributed by atoms with van der Waals surface area (Å²) in [7, 11) is 0. The van der Waals surface area contributed by atoms with Crippen LogP contribution in [0.15, 0.2) is 41.2 Å². The van der Waals surface area contributed by atoms with E-state index in [2.05, 4.69) is 5.32 Å². The molecule has 2 aliphatic heterocycles. The molecule has 0 saturated heterocycles. The van der Waals surface area contributed by atoms with Crippen molar-refractivity contribution in [2.24, 2.45) is 0 Å². The summed E-state index contributed by atoms with van der Waals surface area (Å²) >= 11 is 0. The van der Waals surface area contributed by atoms with Gasteiger partial charge in [0.2, 0.25) is 11.5 Å². The molecule has 2 aromatic heterocycles. The van der Waals surface area contributed by atoms with E-state index in [9.17, 15) is 19.2 Å². The number of fused-ring (bicyclic) bond motifs is 5. The van der Waals surface area contributed by atoms with Crippen molar-refractivity contribution < 1.29 is 33.3 Å². The summed E-state index contributed by atoms with van der Waals surface area (Å²) in [5, 5.41) is 3.45. The molecule has 216 valence electrons. The molecule has 0 saturated carbocycles. The molecule has 4 heterocycles. The molecular formula is C30H33N3O8. The van der Waals surface area contributed by atoms with Gasteiger partial charge in [-0.3, -0.25) is 14.4 Å². The number of benzene rings is 1. The highest BCUT2D eigenvalue weighted by atomic mass is 16.6. The molecule has 41 heavy (non-hydrogen) atoms. The van der Waals surface area contributed by atoms with E-state index >= 15 is 0 Å². The molecule has 1 atom stereocenters. The van der Waals surface area contributed by atoms with Crippen molar-refractivity contribution in [3.63, 3.8) is 0 Å². The van der Waals surface area contributed by atoms with Gasteiger partial charge in [-0.05, 0) is 31.0 Å². The Kier molecular flexibility index (Phi) is 8.46. The van der Waals surface area contributed by atoms with Crippen LogP contribution in [0.3, 0.4) is 0 Å². The molecule has 0 radical (unpaired) electrons. The minimum absolute atomic E-state index is 0.0351. The molecule has 1 amide bonds. The van der Waals surface area contributed by atoms with E-state index in [1.54, 1.807) is 17.6 Å². The van der Waals surface area contributed by atoms with Crippen LogP contribution < -0.4 is 10.9 Å². The molecule has 0 unspecified atom stereocenters. The van der Waals surface area contributed by atoms with Gasteiger partial charge in [0.1, 0.15) is 13.2 Å². The molecule has 0 spiro atoms. The third-order valence-electron chi connectivity index (χ3n) is 7.30. The first-order chi connectivity index (χ1) is 19.9. The van der Waals surface area contributed by atoms with E-state index in [4.69, 9.17) is 23.9 Å². The van der Waals surface area contributed by atoms with Crippen molar-refractivity contribution in [1.29, 1.82) is 0 Å². The Morgan fingerprint density at radius 1 is 1.07 bits per heavy atom. The number of pyridine rings is 2. The van der Waals surface area contributed by atoms with Gasteiger partial charge in [0, 0.05) is 29.5 Å². The van der Waals surface area contributed by atoms with Gasteiger partial charge in [0.25, 0.3) is 5.56 Å². The zero-order valence-electron chi connectivity index (χ0n) is 23.2. The van der Waals surface area contributed by atoms with E-state index in [1.807, 2.05) is 37.3 Å². The maximum absolute atomic E-state index is 13.6. The molecule has 5 rings (SSSR count). The number of rotatable bonds is 12. The van der Waals surface area contributed by atoms with E-state index in [1.165, 1.54) is 0 Å². The molecule has 2 aliphatic rings. The lowest BCUT2D eigenvalue weighted by atomic mass is 9.85. The smallest absolute Gasteiger partial charge is 0.355 e. The number of carbonyl (C=O) groups is 3. The minimum atomic E-state index is -1.83. The second-order valence-electron chi connectivity index (χ2n) is 9.98.